The number of rotatable bonds is 4. The third-order valence-electron chi connectivity index (χ3n) is 3.99. The molecule has 1 aliphatic rings. The summed E-state index contributed by atoms with van der Waals surface area (Å²) in [5.41, 5.74) is 1.72. The van der Waals surface area contributed by atoms with Crippen molar-refractivity contribution in [2.45, 2.75) is 12.8 Å². The monoisotopic (exact) mass is 297 g/mol. The SMILES string of the molecule is COc1cc(C(=O)N2CCC(Cc3ccccn3)C2)ccn1. The molecule has 0 aromatic carbocycles. The number of carbonyl (C=O) groups is 1. The zero-order valence-corrected chi connectivity index (χ0v) is 12.6. The van der Waals surface area contributed by atoms with Crippen molar-refractivity contribution in [1.29, 1.82) is 0 Å². The van der Waals surface area contributed by atoms with Crippen molar-refractivity contribution < 1.29 is 9.53 Å². The molecule has 3 rings (SSSR count). The minimum absolute atomic E-state index is 0.0456. The molecule has 0 radical (unpaired) electrons. The van der Waals surface area contributed by atoms with Gasteiger partial charge in [0.25, 0.3) is 5.91 Å². The summed E-state index contributed by atoms with van der Waals surface area (Å²) in [6, 6.07) is 9.39. The normalized spacial score (nSPS) is 17.5. The Morgan fingerprint density at radius 1 is 1.32 bits per heavy atom. The van der Waals surface area contributed by atoms with E-state index in [-0.39, 0.29) is 5.91 Å². The third kappa shape index (κ3) is 3.24. The molecule has 0 saturated carbocycles. The van der Waals surface area contributed by atoms with Crippen molar-refractivity contribution in [3.63, 3.8) is 0 Å². The van der Waals surface area contributed by atoms with Crippen molar-refractivity contribution in [3.8, 4) is 5.88 Å². The Labute approximate surface area is 130 Å². The fourth-order valence-electron chi connectivity index (χ4n) is 2.84. The fraction of sp³-hybridized carbons (Fsp3) is 0.353. The number of pyridine rings is 2. The topological polar surface area (TPSA) is 55.3 Å². The van der Waals surface area contributed by atoms with Crippen LogP contribution in [0.4, 0.5) is 0 Å². The number of likely N-dealkylation sites (tertiary alicyclic amines) is 1. The van der Waals surface area contributed by atoms with E-state index >= 15 is 0 Å². The van der Waals surface area contributed by atoms with Crippen LogP contribution in [0.15, 0.2) is 42.7 Å². The highest BCUT2D eigenvalue weighted by Gasteiger charge is 2.27. The summed E-state index contributed by atoms with van der Waals surface area (Å²) in [6.07, 6.45) is 5.36. The van der Waals surface area contributed by atoms with Crippen LogP contribution in [0.2, 0.25) is 0 Å². The number of hydrogen-bond acceptors (Lipinski definition) is 4. The van der Waals surface area contributed by atoms with E-state index in [0.29, 0.717) is 17.4 Å². The number of carbonyl (C=O) groups excluding carboxylic acids is 1. The molecule has 1 unspecified atom stereocenters. The van der Waals surface area contributed by atoms with E-state index in [9.17, 15) is 4.79 Å². The molecule has 1 atom stereocenters. The lowest BCUT2D eigenvalue weighted by Gasteiger charge is -2.16. The quantitative estimate of drug-likeness (QED) is 0.868. The lowest BCUT2D eigenvalue weighted by Crippen LogP contribution is -2.29. The molecule has 0 spiro atoms. The first-order valence-electron chi connectivity index (χ1n) is 7.45. The van der Waals surface area contributed by atoms with Gasteiger partial charge in [0.2, 0.25) is 5.88 Å². The maximum atomic E-state index is 12.5. The molecule has 5 heteroatoms. The standard InChI is InChI=1S/C17H19N3O2/c1-22-16-11-14(5-8-19-16)17(21)20-9-6-13(12-20)10-15-4-2-3-7-18-15/h2-5,7-8,11,13H,6,9-10,12H2,1H3. The van der Waals surface area contributed by atoms with Crippen LogP contribution in [0.3, 0.4) is 0 Å². The van der Waals surface area contributed by atoms with Gasteiger partial charge in [0, 0.05) is 42.8 Å². The molecule has 1 aliphatic heterocycles. The maximum absolute atomic E-state index is 12.5. The molecule has 114 valence electrons. The minimum atomic E-state index is 0.0456. The number of aromatic nitrogens is 2. The summed E-state index contributed by atoms with van der Waals surface area (Å²) in [6.45, 7) is 1.57. The Morgan fingerprint density at radius 3 is 3.00 bits per heavy atom. The van der Waals surface area contributed by atoms with Gasteiger partial charge in [-0.1, -0.05) is 6.07 Å². The second kappa shape index (κ2) is 6.56. The Balaban J connectivity index is 1.63. The average molecular weight is 297 g/mol. The van der Waals surface area contributed by atoms with Crippen LogP contribution in [0.5, 0.6) is 5.88 Å². The highest BCUT2D eigenvalue weighted by Crippen LogP contribution is 2.22. The molecule has 1 saturated heterocycles. The van der Waals surface area contributed by atoms with Gasteiger partial charge in [0.15, 0.2) is 0 Å². The molecule has 2 aromatic heterocycles. The van der Waals surface area contributed by atoms with Crippen LogP contribution in [-0.2, 0) is 6.42 Å². The van der Waals surface area contributed by atoms with Crippen molar-refractivity contribution in [2.24, 2.45) is 5.92 Å². The van der Waals surface area contributed by atoms with Gasteiger partial charge in [-0.25, -0.2) is 4.98 Å². The van der Waals surface area contributed by atoms with E-state index in [1.807, 2.05) is 29.3 Å². The van der Waals surface area contributed by atoms with Crippen LogP contribution in [0, 0.1) is 5.92 Å². The number of amides is 1. The third-order valence-corrected chi connectivity index (χ3v) is 3.99. The second-order valence-corrected chi connectivity index (χ2v) is 5.52. The molecule has 5 nitrogen and oxygen atoms in total. The van der Waals surface area contributed by atoms with E-state index < -0.39 is 0 Å². The largest absolute Gasteiger partial charge is 0.481 e. The van der Waals surface area contributed by atoms with Gasteiger partial charge in [-0.3, -0.25) is 9.78 Å². The highest BCUT2D eigenvalue weighted by molar-refractivity contribution is 5.94. The maximum Gasteiger partial charge on any atom is 0.254 e. The molecule has 0 bridgehead atoms. The molecule has 1 amide bonds. The molecular formula is C17H19N3O2. The van der Waals surface area contributed by atoms with Crippen LogP contribution >= 0.6 is 0 Å². The van der Waals surface area contributed by atoms with E-state index in [4.69, 9.17) is 4.74 Å². The molecule has 1 fully saturated rings. The molecule has 3 heterocycles. The number of hydrogen-bond donors (Lipinski definition) is 0. The lowest BCUT2D eigenvalue weighted by molar-refractivity contribution is 0.0786. The van der Waals surface area contributed by atoms with Crippen molar-refractivity contribution in [1.82, 2.24) is 14.9 Å². The first-order chi connectivity index (χ1) is 10.8. The first kappa shape index (κ1) is 14.5. The number of methoxy groups -OCH3 is 1. The number of nitrogens with zero attached hydrogens (tertiary/aromatic N) is 3. The predicted octanol–water partition coefficient (Wildman–Crippen LogP) is 2.19. The Kier molecular flexibility index (Phi) is 4.32. The van der Waals surface area contributed by atoms with Crippen LogP contribution in [0.1, 0.15) is 22.5 Å². The molecule has 0 N–H and O–H groups in total. The van der Waals surface area contributed by atoms with E-state index in [1.54, 1.807) is 25.4 Å². The summed E-state index contributed by atoms with van der Waals surface area (Å²) in [7, 11) is 1.55. The lowest BCUT2D eigenvalue weighted by atomic mass is 10.0. The fourth-order valence-corrected chi connectivity index (χ4v) is 2.84. The molecular weight excluding hydrogens is 278 g/mol. The first-order valence-corrected chi connectivity index (χ1v) is 7.45. The summed E-state index contributed by atoms with van der Waals surface area (Å²) in [5.74, 6) is 0.988. The van der Waals surface area contributed by atoms with Gasteiger partial charge in [-0.05, 0) is 37.0 Å². The van der Waals surface area contributed by atoms with Gasteiger partial charge >= 0.3 is 0 Å². The van der Waals surface area contributed by atoms with Gasteiger partial charge in [-0.15, -0.1) is 0 Å². The van der Waals surface area contributed by atoms with E-state index in [2.05, 4.69) is 9.97 Å². The minimum Gasteiger partial charge on any atom is -0.481 e. The smallest absolute Gasteiger partial charge is 0.254 e. The zero-order valence-electron chi connectivity index (χ0n) is 12.6. The van der Waals surface area contributed by atoms with E-state index in [1.165, 1.54) is 0 Å². The summed E-state index contributed by atoms with van der Waals surface area (Å²) >= 11 is 0. The zero-order chi connectivity index (χ0) is 15.4. The highest BCUT2D eigenvalue weighted by atomic mass is 16.5. The van der Waals surface area contributed by atoms with Crippen molar-refractivity contribution in [2.75, 3.05) is 20.2 Å². The Morgan fingerprint density at radius 2 is 2.23 bits per heavy atom. The predicted molar refractivity (Wildman–Crippen MR) is 82.7 cm³/mol. The van der Waals surface area contributed by atoms with Gasteiger partial charge in [0.05, 0.1) is 7.11 Å². The van der Waals surface area contributed by atoms with Gasteiger partial charge in [0.1, 0.15) is 0 Å². The second-order valence-electron chi connectivity index (χ2n) is 5.52. The number of ether oxygens (including phenoxy) is 1. The van der Waals surface area contributed by atoms with Gasteiger partial charge < -0.3 is 9.64 Å². The summed E-state index contributed by atoms with van der Waals surface area (Å²) < 4.78 is 5.08. The van der Waals surface area contributed by atoms with Crippen LogP contribution in [-0.4, -0.2) is 41.0 Å². The molecule has 0 aliphatic carbocycles. The van der Waals surface area contributed by atoms with Gasteiger partial charge in [-0.2, -0.15) is 0 Å². The molecule has 22 heavy (non-hydrogen) atoms. The van der Waals surface area contributed by atoms with E-state index in [0.717, 1.165) is 31.6 Å². The summed E-state index contributed by atoms with van der Waals surface area (Å²) in [4.78, 5) is 22.8. The van der Waals surface area contributed by atoms with Crippen molar-refractivity contribution >= 4 is 5.91 Å². The van der Waals surface area contributed by atoms with Crippen LogP contribution in [0.25, 0.3) is 0 Å². The average Bonchev–Trinajstić information content (AvgIpc) is 3.03. The molecule has 2 aromatic rings. The Bertz CT molecular complexity index is 645. The van der Waals surface area contributed by atoms with Crippen LogP contribution < -0.4 is 4.74 Å². The van der Waals surface area contributed by atoms with Crippen molar-refractivity contribution in [3.05, 3.63) is 54.0 Å². The Hall–Kier alpha value is -2.43. The summed E-state index contributed by atoms with van der Waals surface area (Å²) in [5, 5.41) is 0.